The van der Waals surface area contributed by atoms with Crippen LogP contribution < -0.4 is 14.8 Å². The third kappa shape index (κ3) is 4.63. The molecule has 0 heterocycles. The highest BCUT2D eigenvalue weighted by Gasteiger charge is 2.18. The van der Waals surface area contributed by atoms with Gasteiger partial charge < -0.3 is 14.8 Å². The fourth-order valence-corrected chi connectivity index (χ4v) is 2.56. The number of amides is 1. The second-order valence-electron chi connectivity index (χ2n) is 5.93. The first-order valence-electron chi connectivity index (χ1n) is 8.30. The molecule has 0 aliphatic rings. The van der Waals surface area contributed by atoms with Gasteiger partial charge in [0.2, 0.25) is 0 Å². The Morgan fingerprint density at radius 1 is 1.12 bits per heavy atom. The van der Waals surface area contributed by atoms with E-state index in [0.717, 1.165) is 22.4 Å². The Balaban J connectivity index is 2.13. The van der Waals surface area contributed by atoms with E-state index in [1.807, 2.05) is 69.3 Å². The molecular weight excluding hydrogens is 314 g/mol. The average molecular weight is 339 g/mol. The highest BCUT2D eigenvalue weighted by molar-refractivity contribution is 5.95. The molecule has 0 aromatic heterocycles. The molecule has 0 spiro atoms. The molecule has 2 aromatic rings. The summed E-state index contributed by atoms with van der Waals surface area (Å²) in [7, 11) is 1.59. The third-order valence-electron chi connectivity index (χ3n) is 3.95. The number of aryl methyl sites for hydroxylation is 2. The van der Waals surface area contributed by atoms with Crippen LogP contribution >= 0.6 is 0 Å². The molecular formula is C21H25NO3. The largest absolute Gasteiger partial charge is 0.493 e. The van der Waals surface area contributed by atoms with Crippen LogP contribution in [0.2, 0.25) is 0 Å². The summed E-state index contributed by atoms with van der Waals surface area (Å²) in [6, 6.07) is 11.5. The Labute approximate surface area is 149 Å². The van der Waals surface area contributed by atoms with Crippen LogP contribution in [0.4, 0.5) is 5.69 Å². The van der Waals surface area contributed by atoms with E-state index in [0.29, 0.717) is 11.5 Å². The molecule has 0 saturated carbocycles. The van der Waals surface area contributed by atoms with Crippen molar-refractivity contribution >= 4 is 17.7 Å². The number of carbonyl (C=O) groups excluding carboxylic acids is 1. The smallest absolute Gasteiger partial charge is 0.265 e. The first kappa shape index (κ1) is 18.6. The zero-order chi connectivity index (χ0) is 18.4. The van der Waals surface area contributed by atoms with Crippen LogP contribution in [0.3, 0.4) is 0 Å². The van der Waals surface area contributed by atoms with Crippen LogP contribution in [-0.2, 0) is 4.79 Å². The summed E-state index contributed by atoms with van der Waals surface area (Å²) < 4.78 is 11.2. The fraction of sp³-hybridized carbons (Fsp3) is 0.286. The predicted molar refractivity (Wildman–Crippen MR) is 102 cm³/mol. The number of allylic oxidation sites excluding steroid dienone is 1. The van der Waals surface area contributed by atoms with Gasteiger partial charge in [-0.2, -0.15) is 0 Å². The molecule has 0 fully saturated rings. The van der Waals surface area contributed by atoms with Gasteiger partial charge in [-0.25, -0.2) is 0 Å². The first-order chi connectivity index (χ1) is 12.0. The Hall–Kier alpha value is -2.75. The second kappa shape index (κ2) is 8.38. The summed E-state index contributed by atoms with van der Waals surface area (Å²) in [6.45, 7) is 7.62. The molecule has 2 aromatic carbocycles. The lowest BCUT2D eigenvalue weighted by molar-refractivity contribution is -0.122. The van der Waals surface area contributed by atoms with Crippen LogP contribution in [0.15, 0.2) is 42.5 Å². The number of rotatable bonds is 6. The van der Waals surface area contributed by atoms with Crippen molar-refractivity contribution in [2.75, 3.05) is 12.4 Å². The van der Waals surface area contributed by atoms with Gasteiger partial charge >= 0.3 is 0 Å². The Bertz CT molecular complexity index is 760. The van der Waals surface area contributed by atoms with E-state index in [1.54, 1.807) is 14.0 Å². The fourth-order valence-electron chi connectivity index (χ4n) is 2.56. The standard InChI is InChI=1S/C21H25NO3/c1-6-8-17-11-12-18(19(13-17)24-5)25-16(4)21(23)22-20-14(2)9-7-10-15(20)3/h6-13,16H,1-5H3,(H,22,23). The van der Waals surface area contributed by atoms with Crippen molar-refractivity contribution in [3.8, 4) is 11.5 Å². The normalized spacial score (nSPS) is 12.0. The topological polar surface area (TPSA) is 47.6 Å². The van der Waals surface area contributed by atoms with Crippen molar-refractivity contribution in [3.05, 3.63) is 59.2 Å². The molecule has 0 saturated heterocycles. The molecule has 0 radical (unpaired) electrons. The molecule has 0 aliphatic carbocycles. The molecule has 2 rings (SSSR count). The molecule has 132 valence electrons. The van der Waals surface area contributed by atoms with E-state index in [1.165, 1.54) is 0 Å². The molecule has 4 heteroatoms. The van der Waals surface area contributed by atoms with Gasteiger partial charge in [-0.3, -0.25) is 4.79 Å². The molecule has 0 bridgehead atoms. The van der Waals surface area contributed by atoms with Crippen LogP contribution in [-0.4, -0.2) is 19.1 Å². The van der Waals surface area contributed by atoms with E-state index in [-0.39, 0.29) is 5.91 Å². The van der Waals surface area contributed by atoms with E-state index < -0.39 is 6.10 Å². The summed E-state index contributed by atoms with van der Waals surface area (Å²) >= 11 is 0. The van der Waals surface area contributed by atoms with Crippen molar-refractivity contribution in [3.63, 3.8) is 0 Å². The number of para-hydroxylation sites is 1. The number of anilines is 1. The monoisotopic (exact) mass is 339 g/mol. The Kier molecular flexibility index (Phi) is 6.23. The number of hydrogen-bond donors (Lipinski definition) is 1. The number of hydrogen-bond acceptors (Lipinski definition) is 3. The summed E-state index contributed by atoms with van der Waals surface area (Å²) in [5.74, 6) is 0.944. The van der Waals surface area contributed by atoms with Gasteiger partial charge in [0.25, 0.3) is 5.91 Å². The highest BCUT2D eigenvalue weighted by Crippen LogP contribution is 2.30. The number of ether oxygens (including phenoxy) is 2. The van der Waals surface area contributed by atoms with Crippen molar-refractivity contribution in [1.29, 1.82) is 0 Å². The number of nitrogens with one attached hydrogen (secondary N) is 1. The zero-order valence-electron chi connectivity index (χ0n) is 15.4. The minimum absolute atomic E-state index is 0.197. The summed E-state index contributed by atoms with van der Waals surface area (Å²) in [6.07, 6.45) is 3.28. The second-order valence-corrected chi connectivity index (χ2v) is 5.93. The lowest BCUT2D eigenvalue weighted by Crippen LogP contribution is -2.30. The molecule has 1 N–H and O–H groups in total. The van der Waals surface area contributed by atoms with E-state index >= 15 is 0 Å². The maximum atomic E-state index is 12.5. The lowest BCUT2D eigenvalue weighted by Gasteiger charge is -2.18. The molecule has 0 aliphatic heterocycles. The van der Waals surface area contributed by atoms with Crippen LogP contribution in [0.1, 0.15) is 30.5 Å². The van der Waals surface area contributed by atoms with Gasteiger partial charge in [0.1, 0.15) is 0 Å². The number of benzene rings is 2. The van der Waals surface area contributed by atoms with Gasteiger partial charge in [0.15, 0.2) is 17.6 Å². The minimum atomic E-state index is -0.652. The van der Waals surface area contributed by atoms with E-state index in [9.17, 15) is 4.79 Å². The SMILES string of the molecule is CC=Cc1ccc(OC(C)C(=O)Nc2c(C)cccc2C)c(OC)c1. The van der Waals surface area contributed by atoms with Crippen LogP contribution in [0.25, 0.3) is 6.08 Å². The summed E-state index contributed by atoms with van der Waals surface area (Å²) in [5, 5.41) is 2.95. The minimum Gasteiger partial charge on any atom is -0.493 e. The predicted octanol–water partition coefficient (Wildman–Crippen LogP) is 4.75. The zero-order valence-corrected chi connectivity index (χ0v) is 15.4. The first-order valence-corrected chi connectivity index (χ1v) is 8.30. The number of methoxy groups -OCH3 is 1. The molecule has 25 heavy (non-hydrogen) atoms. The van der Waals surface area contributed by atoms with Crippen LogP contribution in [0.5, 0.6) is 11.5 Å². The Morgan fingerprint density at radius 2 is 1.80 bits per heavy atom. The van der Waals surface area contributed by atoms with E-state index in [4.69, 9.17) is 9.47 Å². The molecule has 1 unspecified atom stereocenters. The van der Waals surface area contributed by atoms with E-state index in [2.05, 4.69) is 5.32 Å². The quantitative estimate of drug-likeness (QED) is 0.826. The molecule has 1 atom stereocenters. The lowest BCUT2D eigenvalue weighted by atomic mass is 10.1. The third-order valence-corrected chi connectivity index (χ3v) is 3.95. The molecule has 1 amide bonds. The van der Waals surface area contributed by atoms with Crippen molar-refractivity contribution in [1.82, 2.24) is 0 Å². The maximum Gasteiger partial charge on any atom is 0.265 e. The van der Waals surface area contributed by atoms with Gasteiger partial charge in [0.05, 0.1) is 7.11 Å². The highest BCUT2D eigenvalue weighted by atomic mass is 16.5. The average Bonchev–Trinajstić information content (AvgIpc) is 2.59. The van der Waals surface area contributed by atoms with Crippen molar-refractivity contribution < 1.29 is 14.3 Å². The van der Waals surface area contributed by atoms with Gasteiger partial charge in [-0.1, -0.05) is 36.4 Å². The van der Waals surface area contributed by atoms with Crippen molar-refractivity contribution in [2.45, 2.75) is 33.8 Å². The summed E-state index contributed by atoms with van der Waals surface area (Å²) in [4.78, 5) is 12.5. The van der Waals surface area contributed by atoms with Crippen molar-refractivity contribution in [2.24, 2.45) is 0 Å². The summed E-state index contributed by atoms with van der Waals surface area (Å²) in [5.41, 5.74) is 3.89. The molecule has 4 nitrogen and oxygen atoms in total. The number of carbonyl (C=O) groups is 1. The Morgan fingerprint density at radius 3 is 2.40 bits per heavy atom. The maximum absolute atomic E-state index is 12.5. The van der Waals surface area contributed by atoms with Gasteiger partial charge in [0, 0.05) is 5.69 Å². The van der Waals surface area contributed by atoms with Gasteiger partial charge in [-0.05, 0) is 56.5 Å². The van der Waals surface area contributed by atoms with Gasteiger partial charge in [-0.15, -0.1) is 0 Å². The van der Waals surface area contributed by atoms with Crippen LogP contribution in [0, 0.1) is 13.8 Å².